The zero-order valence-corrected chi connectivity index (χ0v) is 14.4. The molecule has 2 rings (SSSR count). The van der Waals surface area contributed by atoms with Crippen molar-refractivity contribution in [1.29, 1.82) is 0 Å². The Morgan fingerprint density at radius 2 is 1.85 bits per heavy atom. The molecular weight excluding hydrogens is 343 g/mol. The van der Waals surface area contributed by atoms with Crippen LogP contribution >= 0.6 is 0 Å². The van der Waals surface area contributed by atoms with Crippen molar-refractivity contribution in [3.8, 4) is 5.75 Å². The molecule has 0 fully saturated rings. The Labute approximate surface area is 150 Å². The van der Waals surface area contributed by atoms with Crippen LogP contribution in [-0.4, -0.2) is 45.4 Å². The van der Waals surface area contributed by atoms with Crippen LogP contribution in [0, 0.1) is 11.7 Å². The van der Waals surface area contributed by atoms with Crippen LogP contribution in [0.25, 0.3) is 6.08 Å². The van der Waals surface area contributed by atoms with Crippen LogP contribution in [0.15, 0.2) is 30.4 Å². The zero-order valence-electron chi connectivity index (χ0n) is 14.4. The summed E-state index contributed by atoms with van der Waals surface area (Å²) in [4.78, 5) is 24.3. The second kappa shape index (κ2) is 8.25. The van der Waals surface area contributed by atoms with Crippen LogP contribution < -0.4 is 0 Å². The lowest BCUT2D eigenvalue weighted by atomic mass is 9.99. The van der Waals surface area contributed by atoms with E-state index in [4.69, 9.17) is 4.74 Å². The number of fused-ring (bicyclic) bond motifs is 1. The molecule has 0 aromatic heterocycles. The summed E-state index contributed by atoms with van der Waals surface area (Å²) in [5.74, 6) is -3.18. The minimum Gasteiger partial charge on any atom is -0.507 e. The van der Waals surface area contributed by atoms with Gasteiger partial charge >= 0.3 is 5.97 Å². The molecule has 7 heteroatoms. The summed E-state index contributed by atoms with van der Waals surface area (Å²) < 4.78 is 19.4. The van der Waals surface area contributed by atoms with Gasteiger partial charge in [-0.3, -0.25) is 4.79 Å². The summed E-state index contributed by atoms with van der Waals surface area (Å²) in [5.41, 5.74) is -0.525. The highest BCUT2D eigenvalue weighted by Gasteiger charge is 2.25. The van der Waals surface area contributed by atoms with Crippen molar-refractivity contribution in [2.75, 3.05) is 0 Å². The van der Waals surface area contributed by atoms with Crippen LogP contribution in [0.1, 0.15) is 36.2 Å². The molecule has 0 saturated carbocycles. The summed E-state index contributed by atoms with van der Waals surface area (Å²) in [6, 6.07) is 2.05. The van der Waals surface area contributed by atoms with Gasteiger partial charge in [-0.15, -0.1) is 0 Å². The van der Waals surface area contributed by atoms with E-state index in [2.05, 4.69) is 0 Å². The van der Waals surface area contributed by atoms with Gasteiger partial charge in [-0.2, -0.15) is 0 Å². The molecule has 1 heterocycles. The molecule has 1 aromatic rings. The van der Waals surface area contributed by atoms with Gasteiger partial charge in [-0.05, 0) is 31.6 Å². The first-order valence-corrected chi connectivity index (χ1v) is 8.19. The first-order valence-electron chi connectivity index (χ1n) is 8.19. The fourth-order valence-electron chi connectivity index (χ4n) is 2.44. The summed E-state index contributed by atoms with van der Waals surface area (Å²) >= 11 is 0. The van der Waals surface area contributed by atoms with Gasteiger partial charge < -0.3 is 20.1 Å². The molecule has 6 nitrogen and oxygen atoms in total. The van der Waals surface area contributed by atoms with E-state index in [9.17, 15) is 29.3 Å². The number of ketones is 1. The Kier molecular flexibility index (Phi) is 6.28. The van der Waals surface area contributed by atoms with Gasteiger partial charge in [0.15, 0.2) is 5.78 Å². The number of halogens is 1. The number of aliphatic hydroxyl groups excluding tert-OH is 2. The SMILES string of the molecule is C[C@@H]1OC(=O)c2c(O)ccc(F)c2/C=C/C[C@H](O)[C@H](O)C(=O)/C=C\[C@@H]1C. The molecule has 4 atom stereocenters. The van der Waals surface area contributed by atoms with Crippen LogP contribution in [0.3, 0.4) is 0 Å². The van der Waals surface area contributed by atoms with E-state index in [1.54, 1.807) is 13.8 Å². The Morgan fingerprint density at radius 1 is 1.15 bits per heavy atom. The normalized spacial score (nSPS) is 30.0. The standard InChI is InChI=1S/C19H21FO6/c1-10-6-8-16(23)18(24)15(22)5-3-4-12-13(20)7-9-14(21)17(12)19(25)26-11(10)2/h3-4,6-11,15,18,21-22,24H,5H2,1-2H3/b4-3+,8-6-/t10-,11-,15-,18-/m0/s1. The second-order valence-corrected chi connectivity index (χ2v) is 6.24. The summed E-state index contributed by atoms with van der Waals surface area (Å²) in [7, 11) is 0. The number of rotatable bonds is 0. The summed E-state index contributed by atoms with van der Waals surface area (Å²) in [6.45, 7) is 3.27. The van der Waals surface area contributed by atoms with Gasteiger partial charge in [-0.25, -0.2) is 9.18 Å². The lowest BCUT2D eigenvalue weighted by Gasteiger charge is -2.20. The van der Waals surface area contributed by atoms with Crippen molar-refractivity contribution >= 4 is 17.8 Å². The molecule has 0 radical (unpaired) electrons. The zero-order chi connectivity index (χ0) is 19.4. The molecule has 0 aliphatic carbocycles. The monoisotopic (exact) mass is 364 g/mol. The van der Waals surface area contributed by atoms with Crippen molar-refractivity contribution in [3.05, 3.63) is 47.3 Å². The first kappa shape index (κ1) is 19.8. The van der Waals surface area contributed by atoms with E-state index in [0.717, 1.165) is 18.2 Å². The molecule has 0 spiro atoms. The van der Waals surface area contributed by atoms with Crippen LogP contribution in [0.5, 0.6) is 5.75 Å². The van der Waals surface area contributed by atoms with E-state index in [1.807, 2.05) is 0 Å². The molecule has 1 aliphatic heterocycles. The topological polar surface area (TPSA) is 104 Å². The molecule has 0 amide bonds. The third-order valence-corrected chi connectivity index (χ3v) is 4.29. The number of hydrogen-bond donors (Lipinski definition) is 3. The molecule has 26 heavy (non-hydrogen) atoms. The summed E-state index contributed by atoms with van der Waals surface area (Å²) in [5, 5.41) is 29.8. The number of ether oxygens (including phenoxy) is 1. The molecular formula is C19H21FO6. The number of aromatic hydroxyl groups is 1. The third-order valence-electron chi connectivity index (χ3n) is 4.29. The Bertz CT molecular complexity index is 755. The highest BCUT2D eigenvalue weighted by atomic mass is 19.1. The lowest BCUT2D eigenvalue weighted by Crippen LogP contribution is -2.32. The van der Waals surface area contributed by atoms with E-state index in [0.29, 0.717) is 0 Å². The van der Waals surface area contributed by atoms with Crippen molar-refractivity contribution in [3.63, 3.8) is 0 Å². The number of benzene rings is 1. The predicted octanol–water partition coefficient (Wildman–Crippen LogP) is 1.98. The Morgan fingerprint density at radius 3 is 2.54 bits per heavy atom. The first-order chi connectivity index (χ1) is 12.2. The predicted molar refractivity (Wildman–Crippen MR) is 91.9 cm³/mol. The van der Waals surface area contributed by atoms with Crippen molar-refractivity contribution in [1.82, 2.24) is 0 Å². The molecule has 1 aliphatic rings. The van der Waals surface area contributed by atoms with Gasteiger partial charge in [0, 0.05) is 11.5 Å². The van der Waals surface area contributed by atoms with Crippen molar-refractivity contribution < 1.29 is 34.0 Å². The Hall–Kier alpha value is -2.51. The lowest BCUT2D eigenvalue weighted by molar-refractivity contribution is -0.127. The average Bonchev–Trinajstić information content (AvgIpc) is 2.60. The fourth-order valence-corrected chi connectivity index (χ4v) is 2.44. The van der Waals surface area contributed by atoms with Gasteiger partial charge in [0.2, 0.25) is 0 Å². The van der Waals surface area contributed by atoms with Gasteiger partial charge in [0.05, 0.1) is 6.10 Å². The fraction of sp³-hybridized carbons (Fsp3) is 0.368. The molecule has 3 N–H and O–H groups in total. The maximum absolute atomic E-state index is 14.2. The third kappa shape index (κ3) is 4.36. The number of phenolic OH excluding ortho intramolecular Hbond substituents is 1. The number of carbonyl (C=O) groups is 2. The second-order valence-electron chi connectivity index (χ2n) is 6.24. The number of esters is 1. The smallest absolute Gasteiger partial charge is 0.342 e. The van der Waals surface area contributed by atoms with E-state index in [1.165, 1.54) is 18.2 Å². The minimum absolute atomic E-state index is 0.156. The molecule has 1 aromatic carbocycles. The minimum atomic E-state index is -1.63. The molecule has 0 saturated heterocycles. The van der Waals surface area contributed by atoms with Crippen LogP contribution in [0.4, 0.5) is 4.39 Å². The van der Waals surface area contributed by atoms with E-state index in [-0.39, 0.29) is 17.5 Å². The van der Waals surface area contributed by atoms with E-state index < -0.39 is 47.5 Å². The van der Waals surface area contributed by atoms with Gasteiger partial charge in [0.25, 0.3) is 0 Å². The maximum atomic E-state index is 14.2. The van der Waals surface area contributed by atoms with Crippen LogP contribution in [0.2, 0.25) is 0 Å². The quantitative estimate of drug-likeness (QED) is 0.608. The highest BCUT2D eigenvalue weighted by Crippen LogP contribution is 2.27. The summed E-state index contributed by atoms with van der Waals surface area (Å²) in [6.07, 6.45) is 1.21. The highest BCUT2D eigenvalue weighted by molar-refractivity contribution is 5.97. The van der Waals surface area contributed by atoms with Crippen molar-refractivity contribution in [2.24, 2.45) is 5.92 Å². The number of hydrogen-bond acceptors (Lipinski definition) is 6. The largest absolute Gasteiger partial charge is 0.507 e. The average molecular weight is 364 g/mol. The molecule has 0 bridgehead atoms. The number of carbonyl (C=O) groups excluding carboxylic acids is 2. The number of aliphatic hydroxyl groups is 2. The van der Waals surface area contributed by atoms with Gasteiger partial charge in [0.1, 0.15) is 29.3 Å². The molecule has 0 unspecified atom stereocenters. The van der Waals surface area contributed by atoms with E-state index >= 15 is 0 Å². The van der Waals surface area contributed by atoms with Gasteiger partial charge in [-0.1, -0.05) is 25.2 Å². The van der Waals surface area contributed by atoms with Crippen LogP contribution in [-0.2, 0) is 9.53 Å². The maximum Gasteiger partial charge on any atom is 0.342 e. The Balaban J connectivity index is 2.50. The van der Waals surface area contributed by atoms with Crippen molar-refractivity contribution in [2.45, 2.75) is 38.6 Å². The molecule has 140 valence electrons. The number of cyclic esters (lactones) is 1. The number of phenols is 1.